The summed E-state index contributed by atoms with van der Waals surface area (Å²) in [6.07, 6.45) is 0.449. The zero-order valence-electron chi connectivity index (χ0n) is 16.0. The van der Waals surface area contributed by atoms with Gasteiger partial charge in [-0.25, -0.2) is 0 Å². The Hall–Kier alpha value is -3.24. The summed E-state index contributed by atoms with van der Waals surface area (Å²) in [5.41, 5.74) is 7.80. The number of rotatable bonds is 9. The lowest BCUT2D eigenvalue weighted by Gasteiger charge is -2.18. The van der Waals surface area contributed by atoms with Crippen LogP contribution in [0.1, 0.15) is 41.8 Å². The van der Waals surface area contributed by atoms with Crippen LogP contribution in [-0.4, -0.2) is 35.3 Å². The molecule has 0 amide bonds. The molecule has 0 fully saturated rings. The van der Waals surface area contributed by atoms with Crippen molar-refractivity contribution in [2.45, 2.75) is 32.8 Å². The van der Waals surface area contributed by atoms with Gasteiger partial charge >= 0.3 is 0 Å². The summed E-state index contributed by atoms with van der Waals surface area (Å²) >= 11 is 0. The summed E-state index contributed by atoms with van der Waals surface area (Å²) < 4.78 is 5.68. The van der Waals surface area contributed by atoms with Gasteiger partial charge in [0.1, 0.15) is 30.3 Å². The number of benzene rings is 2. The van der Waals surface area contributed by atoms with Crippen LogP contribution in [0.15, 0.2) is 30.3 Å². The van der Waals surface area contributed by atoms with Crippen LogP contribution in [-0.2, 0) is 6.42 Å². The number of ether oxygens (including phenoxy) is 1. The quantitative estimate of drug-likeness (QED) is 0.387. The number of nitrogens with one attached hydrogen (secondary N) is 1. The highest BCUT2D eigenvalue weighted by Gasteiger charge is 2.17. The van der Waals surface area contributed by atoms with Gasteiger partial charge in [0.25, 0.3) is 0 Å². The Morgan fingerprint density at radius 2 is 2.11 bits per heavy atom. The van der Waals surface area contributed by atoms with Crippen LogP contribution in [0.5, 0.6) is 11.5 Å². The number of aromatic hydroxyl groups is 1. The molecule has 2 rings (SSSR count). The molecule has 0 saturated heterocycles. The average Bonchev–Trinajstić information content (AvgIpc) is 2.66. The van der Waals surface area contributed by atoms with Crippen LogP contribution in [0.4, 0.5) is 11.4 Å². The van der Waals surface area contributed by atoms with E-state index < -0.39 is 6.10 Å². The Bertz CT molecular complexity index is 890. The maximum Gasteiger partial charge on any atom is 0.163 e. The highest BCUT2D eigenvalue weighted by molar-refractivity contribution is 5.97. The minimum Gasteiger partial charge on any atom is -0.507 e. The number of nitriles is 1. The molecule has 2 aromatic rings. The van der Waals surface area contributed by atoms with Crippen molar-refractivity contribution in [1.82, 2.24) is 0 Å². The van der Waals surface area contributed by atoms with E-state index in [2.05, 4.69) is 5.32 Å². The van der Waals surface area contributed by atoms with Crippen LogP contribution in [0.3, 0.4) is 0 Å². The van der Waals surface area contributed by atoms with Crippen LogP contribution in [0.25, 0.3) is 0 Å². The van der Waals surface area contributed by atoms with E-state index in [-0.39, 0.29) is 30.2 Å². The van der Waals surface area contributed by atoms with Gasteiger partial charge in [0.2, 0.25) is 0 Å². The fraction of sp³-hybridized carbons (Fsp3) is 0.333. The monoisotopic (exact) mass is 383 g/mol. The number of hydrogen-bond acceptors (Lipinski definition) is 7. The normalized spacial score (nSPS) is 11.5. The molecule has 0 saturated carbocycles. The Kier molecular flexibility index (Phi) is 7.24. The maximum atomic E-state index is 11.6. The maximum absolute atomic E-state index is 11.6. The van der Waals surface area contributed by atoms with Crippen molar-refractivity contribution >= 4 is 17.2 Å². The van der Waals surface area contributed by atoms with E-state index in [1.807, 2.05) is 13.0 Å². The van der Waals surface area contributed by atoms with E-state index in [0.717, 1.165) is 6.42 Å². The Morgan fingerprint density at radius 3 is 2.75 bits per heavy atom. The molecule has 0 aliphatic carbocycles. The Morgan fingerprint density at radius 1 is 1.36 bits per heavy atom. The number of nitrogen functional groups attached to an aromatic ring is 1. The number of aliphatic hydroxyl groups excluding tert-OH is 1. The molecule has 0 spiro atoms. The van der Waals surface area contributed by atoms with Crippen LogP contribution in [0, 0.1) is 11.3 Å². The molecule has 2 aromatic carbocycles. The molecule has 0 aromatic heterocycles. The first-order valence-corrected chi connectivity index (χ1v) is 9.08. The van der Waals surface area contributed by atoms with Crippen LogP contribution < -0.4 is 15.8 Å². The predicted octanol–water partition coefficient (Wildman–Crippen LogP) is 2.85. The molecule has 1 unspecified atom stereocenters. The number of hydrogen-bond donors (Lipinski definition) is 4. The predicted molar refractivity (Wildman–Crippen MR) is 108 cm³/mol. The number of ketones is 1. The van der Waals surface area contributed by atoms with Crippen molar-refractivity contribution in [2.75, 3.05) is 24.2 Å². The number of nitrogens with two attached hydrogens (primary N) is 1. The van der Waals surface area contributed by atoms with Gasteiger partial charge in [0.05, 0.1) is 22.5 Å². The molecule has 148 valence electrons. The molecule has 7 heteroatoms. The number of carbonyl (C=O) groups is 1. The van der Waals surface area contributed by atoms with Crippen LogP contribution in [0.2, 0.25) is 0 Å². The number of phenolic OH excluding ortho intramolecular Hbond substituents is 1. The molecule has 0 radical (unpaired) electrons. The summed E-state index contributed by atoms with van der Waals surface area (Å²) in [6.45, 7) is 3.48. The fourth-order valence-electron chi connectivity index (χ4n) is 2.84. The first kappa shape index (κ1) is 21.1. The van der Waals surface area contributed by atoms with E-state index in [0.29, 0.717) is 34.7 Å². The van der Waals surface area contributed by atoms with Gasteiger partial charge in [-0.2, -0.15) is 5.26 Å². The van der Waals surface area contributed by atoms with Crippen molar-refractivity contribution in [3.8, 4) is 17.6 Å². The average molecular weight is 383 g/mol. The number of phenols is 1. The van der Waals surface area contributed by atoms with Crippen molar-refractivity contribution in [3.63, 3.8) is 0 Å². The molecule has 0 aliphatic heterocycles. The Balaban J connectivity index is 2.04. The van der Waals surface area contributed by atoms with E-state index >= 15 is 0 Å². The highest BCUT2D eigenvalue weighted by Crippen LogP contribution is 2.33. The number of anilines is 2. The molecule has 28 heavy (non-hydrogen) atoms. The SMILES string of the molecule is CCCc1c(OCC(O)CNc2cccc(N)c2C#N)ccc(C(C)=O)c1O. The minimum absolute atomic E-state index is 0.0211. The summed E-state index contributed by atoms with van der Waals surface area (Å²) in [6, 6.07) is 10.2. The third-order valence-electron chi connectivity index (χ3n) is 4.29. The van der Waals surface area contributed by atoms with Crippen molar-refractivity contribution < 1.29 is 19.7 Å². The van der Waals surface area contributed by atoms with E-state index in [9.17, 15) is 20.3 Å². The molecular weight excluding hydrogens is 358 g/mol. The third kappa shape index (κ3) is 4.93. The van der Waals surface area contributed by atoms with Gasteiger partial charge in [-0.05, 0) is 37.6 Å². The van der Waals surface area contributed by atoms with E-state index in [1.54, 1.807) is 24.3 Å². The van der Waals surface area contributed by atoms with Crippen LogP contribution >= 0.6 is 0 Å². The lowest BCUT2D eigenvalue weighted by molar-refractivity contribution is 0.101. The fourth-order valence-corrected chi connectivity index (χ4v) is 2.84. The zero-order chi connectivity index (χ0) is 20.7. The molecule has 7 nitrogen and oxygen atoms in total. The summed E-state index contributed by atoms with van der Waals surface area (Å²) in [5, 5.41) is 32.7. The molecule has 0 heterocycles. The molecule has 0 aliphatic rings. The van der Waals surface area contributed by atoms with Crippen molar-refractivity contribution in [3.05, 3.63) is 47.0 Å². The zero-order valence-corrected chi connectivity index (χ0v) is 16.0. The molecule has 0 bridgehead atoms. The molecular formula is C21H25N3O4. The lowest BCUT2D eigenvalue weighted by Crippen LogP contribution is -2.27. The van der Waals surface area contributed by atoms with Crippen molar-refractivity contribution in [2.24, 2.45) is 0 Å². The third-order valence-corrected chi connectivity index (χ3v) is 4.29. The minimum atomic E-state index is -0.864. The van der Waals surface area contributed by atoms with Gasteiger partial charge in [-0.1, -0.05) is 19.4 Å². The first-order chi connectivity index (χ1) is 13.4. The van der Waals surface area contributed by atoms with Gasteiger partial charge in [0.15, 0.2) is 5.78 Å². The molecule has 1 atom stereocenters. The standard InChI is InChI=1S/C21H25N3O4/c1-3-5-16-20(9-8-15(13(2)25)21(16)27)28-12-14(26)11-24-19-7-4-6-18(23)17(19)10-22/h4,6-9,14,24,26-27H,3,5,11-12,23H2,1-2H3. The number of nitrogens with zero attached hydrogens (tertiary/aromatic N) is 1. The number of carbonyl (C=O) groups excluding carboxylic acids is 1. The van der Waals surface area contributed by atoms with Gasteiger partial charge in [0, 0.05) is 12.1 Å². The second-order valence-electron chi connectivity index (χ2n) is 6.47. The second-order valence-corrected chi connectivity index (χ2v) is 6.47. The summed E-state index contributed by atoms with van der Waals surface area (Å²) in [4.78, 5) is 11.6. The van der Waals surface area contributed by atoms with Gasteiger partial charge < -0.3 is 26.0 Å². The molecule has 5 N–H and O–H groups in total. The first-order valence-electron chi connectivity index (χ1n) is 9.08. The topological polar surface area (TPSA) is 129 Å². The number of aliphatic hydroxyl groups is 1. The van der Waals surface area contributed by atoms with Gasteiger partial charge in [-0.15, -0.1) is 0 Å². The number of Topliss-reactive ketones (excluding diaryl/α,β-unsaturated/α-hetero) is 1. The van der Waals surface area contributed by atoms with Crippen molar-refractivity contribution in [1.29, 1.82) is 5.26 Å². The van der Waals surface area contributed by atoms with E-state index in [1.165, 1.54) is 13.0 Å². The highest BCUT2D eigenvalue weighted by atomic mass is 16.5. The summed E-state index contributed by atoms with van der Waals surface area (Å²) in [5.74, 6) is 0.143. The lowest BCUT2D eigenvalue weighted by atomic mass is 10.0. The smallest absolute Gasteiger partial charge is 0.163 e. The second kappa shape index (κ2) is 9.62. The largest absolute Gasteiger partial charge is 0.507 e. The van der Waals surface area contributed by atoms with E-state index in [4.69, 9.17) is 10.5 Å². The van der Waals surface area contributed by atoms with Gasteiger partial charge in [-0.3, -0.25) is 4.79 Å². The Labute approximate surface area is 164 Å². The summed E-state index contributed by atoms with van der Waals surface area (Å²) in [7, 11) is 0.